The number of anilines is 1. The van der Waals surface area contributed by atoms with Crippen molar-refractivity contribution in [1.82, 2.24) is 0 Å². The van der Waals surface area contributed by atoms with Gasteiger partial charge in [-0.1, -0.05) is 18.9 Å². The number of benzene rings is 1. The molecule has 2 saturated heterocycles. The maximum Gasteiger partial charge on any atom is 0.494 e. The molecule has 3 nitrogen and oxygen atoms in total. The standard InChI is InChI=1S/C18H28BNO2/c1-14-8-7-11-20(13-14)16-10-6-9-15(12-16)19-21-17(2,3)18(4,5)22-19/h6,9-10,12,14H,7-8,11,13H2,1-5H3/i1D3,6D,7D2,8D2,9D,10D,11D2,12D,13D2,14D. The number of piperidine rings is 1. The largest absolute Gasteiger partial charge is 0.494 e. The van der Waals surface area contributed by atoms with Crippen molar-refractivity contribution in [3.8, 4) is 0 Å². The lowest BCUT2D eigenvalue weighted by atomic mass is 9.79. The fraction of sp³-hybridized carbons (Fsp3) is 0.667. The highest BCUT2D eigenvalue weighted by Gasteiger charge is 2.51. The van der Waals surface area contributed by atoms with Gasteiger partial charge in [-0.2, -0.15) is 0 Å². The zero-order chi connectivity index (χ0) is 30.0. The molecule has 2 aliphatic rings. The fourth-order valence-electron chi connectivity index (χ4n) is 1.96. The van der Waals surface area contributed by atoms with Crippen LogP contribution in [0, 0.1) is 5.89 Å². The smallest absolute Gasteiger partial charge is 0.399 e. The quantitative estimate of drug-likeness (QED) is 0.782. The molecule has 0 aromatic heterocycles. The van der Waals surface area contributed by atoms with E-state index in [1.165, 1.54) is 0 Å². The summed E-state index contributed by atoms with van der Waals surface area (Å²) >= 11 is 0. The second kappa shape index (κ2) is 5.57. The second-order valence-corrected chi connectivity index (χ2v) is 6.03. The van der Waals surface area contributed by atoms with Gasteiger partial charge in [0.05, 0.1) is 16.7 Å². The van der Waals surface area contributed by atoms with Gasteiger partial charge in [0.2, 0.25) is 0 Å². The maximum atomic E-state index is 8.78. The molecule has 0 radical (unpaired) electrons. The predicted octanol–water partition coefficient (Wildman–Crippen LogP) is 3.22. The molecule has 2 aliphatic heterocycles. The minimum atomic E-state index is -3.99. The van der Waals surface area contributed by atoms with Gasteiger partial charge in [-0.15, -0.1) is 0 Å². The van der Waals surface area contributed by atoms with Crippen molar-refractivity contribution in [1.29, 1.82) is 0 Å². The van der Waals surface area contributed by atoms with E-state index in [-0.39, 0.29) is 4.90 Å². The van der Waals surface area contributed by atoms with E-state index in [4.69, 9.17) is 31.2 Å². The zero-order valence-corrected chi connectivity index (χ0v) is 12.8. The van der Waals surface area contributed by atoms with Crippen molar-refractivity contribution in [2.45, 2.75) is 58.5 Å². The molecule has 0 aliphatic carbocycles. The molecule has 0 N–H and O–H groups in total. The minimum Gasteiger partial charge on any atom is -0.399 e. The summed E-state index contributed by atoms with van der Waals surface area (Å²) in [6.45, 7) is -5.03. The molecule has 2 heterocycles. The zero-order valence-electron chi connectivity index (χ0n) is 28.8. The van der Waals surface area contributed by atoms with Crippen molar-refractivity contribution < 1.29 is 31.2 Å². The molecule has 3 rings (SSSR count). The van der Waals surface area contributed by atoms with Crippen LogP contribution in [0.25, 0.3) is 0 Å². The van der Waals surface area contributed by atoms with Crippen molar-refractivity contribution in [3.63, 3.8) is 0 Å². The van der Waals surface area contributed by atoms with E-state index in [2.05, 4.69) is 0 Å². The Morgan fingerprint density at radius 3 is 2.77 bits per heavy atom. The van der Waals surface area contributed by atoms with Gasteiger partial charge >= 0.3 is 7.12 Å². The normalized spacial score (nSPS) is 50.9. The van der Waals surface area contributed by atoms with E-state index in [9.17, 15) is 0 Å². The number of rotatable bonds is 2. The molecule has 120 valence electrons. The lowest BCUT2D eigenvalue weighted by Crippen LogP contribution is -2.41. The Hall–Kier alpha value is -0.995. The first-order chi connectivity index (χ1) is 16.6. The van der Waals surface area contributed by atoms with Crippen molar-refractivity contribution >= 4 is 18.3 Å². The highest BCUT2D eigenvalue weighted by molar-refractivity contribution is 6.62. The second-order valence-electron chi connectivity index (χ2n) is 6.03. The number of hydrogen-bond acceptors (Lipinski definition) is 3. The van der Waals surface area contributed by atoms with E-state index in [1.807, 2.05) is 0 Å². The first kappa shape index (κ1) is 5.53. The number of hydrogen-bond donors (Lipinski definition) is 0. The molecule has 2 fully saturated rings. The average molecular weight is 317 g/mol. The van der Waals surface area contributed by atoms with Gasteiger partial charge in [-0.05, 0) is 63.9 Å². The topological polar surface area (TPSA) is 21.7 Å². The van der Waals surface area contributed by atoms with Gasteiger partial charge in [0.15, 0.2) is 0 Å². The summed E-state index contributed by atoms with van der Waals surface area (Å²) in [5.74, 6) is -3.99. The monoisotopic (exact) mass is 317 g/mol. The van der Waals surface area contributed by atoms with E-state index >= 15 is 0 Å². The Kier molecular flexibility index (Phi) is 1.40. The van der Waals surface area contributed by atoms with Gasteiger partial charge in [-0.3, -0.25) is 0 Å². The van der Waals surface area contributed by atoms with Crippen molar-refractivity contribution in [2.24, 2.45) is 5.89 Å². The van der Waals surface area contributed by atoms with E-state index < -0.39 is 92.1 Å². The van der Waals surface area contributed by atoms with Crippen molar-refractivity contribution in [2.75, 3.05) is 17.9 Å². The number of nitrogens with zero attached hydrogens (tertiary/aromatic N) is 1. The lowest BCUT2D eigenvalue weighted by molar-refractivity contribution is 0.00578. The molecule has 1 aromatic rings. The summed E-state index contributed by atoms with van der Waals surface area (Å²) in [6, 6.07) is -3.81. The summed E-state index contributed by atoms with van der Waals surface area (Å²) in [6.07, 6.45) is -7.86. The average Bonchev–Trinajstić information content (AvgIpc) is 2.93. The molecular formula is C18H28BNO2. The first-order valence-electron chi connectivity index (χ1n) is 14.8. The van der Waals surface area contributed by atoms with Crippen LogP contribution in [0.5, 0.6) is 0 Å². The van der Waals surface area contributed by atoms with E-state index in [1.54, 1.807) is 27.7 Å². The highest BCUT2D eigenvalue weighted by atomic mass is 16.7. The van der Waals surface area contributed by atoms with Crippen LogP contribution in [0.15, 0.2) is 24.2 Å². The Labute approximate surface area is 157 Å². The van der Waals surface area contributed by atoms with Gasteiger partial charge in [0.1, 0.15) is 0 Å². The van der Waals surface area contributed by atoms with Gasteiger partial charge in [-0.25, -0.2) is 0 Å². The Morgan fingerprint density at radius 2 is 2.09 bits per heavy atom. The fourth-order valence-corrected chi connectivity index (χ4v) is 1.96. The third-order valence-electron chi connectivity index (χ3n) is 3.92. The first-order valence-corrected chi connectivity index (χ1v) is 6.84. The van der Waals surface area contributed by atoms with E-state index in [0.29, 0.717) is 0 Å². The van der Waals surface area contributed by atoms with Gasteiger partial charge in [0, 0.05) is 35.1 Å². The van der Waals surface area contributed by atoms with Crippen LogP contribution in [0.4, 0.5) is 5.69 Å². The van der Waals surface area contributed by atoms with Crippen LogP contribution >= 0.6 is 0 Å². The van der Waals surface area contributed by atoms with Gasteiger partial charge < -0.3 is 14.2 Å². The summed E-state index contributed by atoms with van der Waals surface area (Å²) in [4.78, 5) is -0.252. The summed E-state index contributed by atoms with van der Waals surface area (Å²) < 4.78 is 145. The predicted molar refractivity (Wildman–Crippen MR) is 92.8 cm³/mol. The molecule has 0 amide bonds. The van der Waals surface area contributed by atoms with E-state index in [0.717, 1.165) is 0 Å². The molecule has 4 heteroatoms. The van der Waals surface area contributed by atoms with Crippen LogP contribution in [0.1, 0.15) is 69.2 Å². The third kappa shape index (κ3) is 2.91. The minimum absolute atomic E-state index is 0.252. The van der Waals surface area contributed by atoms with Crippen LogP contribution in [-0.2, 0) is 9.31 Å². The van der Waals surface area contributed by atoms with Crippen LogP contribution in [-0.4, -0.2) is 31.3 Å². The maximum absolute atomic E-state index is 8.78. The van der Waals surface area contributed by atoms with Crippen LogP contribution < -0.4 is 10.4 Å². The molecule has 1 atom stereocenters. The molecule has 22 heavy (non-hydrogen) atoms. The Bertz CT molecular complexity index is 1150. The van der Waals surface area contributed by atoms with Gasteiger partial charge in [0.25, 0.3) is 0 Å². The summed E-state index contributed by atoms with van der Waals surface area (Å²) in [5, 5.41) is 0. The summed E-state index contributed by atoms with van der Waals surface area (Å²) in [5.41, 5.74) is -3.70. The summed E-state index contributed by atoms with van der Waals surface area (Å²) in [7, 11) is -1.53. The third-order valence-corrected chi connectivity index (χ3v) is 3.92. The van der Waals surface area contributed by atoms with Crippen LogP contribution in [0.3, 0.4) is 0 Å². The molecule has 0 bridgehead atoms. The lowest BCUT2D eigenvalue weighted by Gasteiger charge is -2.33. The molecular weight excluding hydrogens is 273 g/mol. The SMILES string of the molecule is [2H]c1c([2H])c(B2OC(C)(C)C(C)(C)O2)c([2H])c(N2C([2H])([2H])C([2H])([2H])C([2H])([2H])C([2H])(C([2H])([2H])[2H])C2([2H])[2H])c1[2H]. The molecule has 0 spiro atoms. The molecule has 1 unspecified atom stereocenters. The highest BCUT2D eigenvalue weighted by Crippen LogP contribution is 2.36. The van der Waals surface area contributed by atoms with Crippen molar-refractivity contribution in [3.05, 3.63) is 24.2 Å². The molecule has 1 aromatic carbocycles. The van der Waals surface area contributed by atoms with Crippen LogP contribution in [0.2, 0.25) is 0 Å². The Morgan fingerprint density at radius 1 is 1.36 bits per heavy atom. The molecule has 0 saturated carbocycles. The Balaban J connectivity index is 2.46.